The van der Waals surface area contributed by atoms with E-state index in [2.05, 4.69) is 18.7 Å². The molecule has 1 atom stereocenters. The quantitative estimate of drug-likeness (QED) is 0.336. The van der Waals surface area contributed by atoms with Crippen LogP contribution in [0.15, 0.2) is 54.6 Å². The Labute approximate surface area is 221 Å². The predicted octanol–water partition coefficient (Wildman–Crippen LogP) is 4.27. The number of ether oxygens (including phenoxy) is 1. The van der Waals surface area contributed by atoms with E-state index in [1.54, 1.807) is 31.1 Å². The van der Waals surface area contributed by atoms with Crippen LogP contribution in [0.1, 0.15) is 55.5 Å². The molecule has 2 amide bonds. The van der Waals surface area contributed by atoms with Crippen molar-refractivity contribution in [1.29, 1.82) is 0 Å². The molecule has 7 heteroatoms. The molecule has 0 saturated carbocycles. The van der Waals surface area contributed by atoms with E-state index in [0.29, 0.717) is 36.9 Å². The molecule has 2 aromatic rings. The third-order valence-electron chi connectivity index (χ3n) is 7.18. The maximum absolute atomic E-state index is 12.7. The van der Waals surface area contributed by atoms with Crippen LogP contribution in [0.5, 0.6) is 5.75 Å². The Hall–Kier alpha value is -3.19. The molecule has 37 heavy (non-hydrogen) atoms. The van der Waals surface area contributed by atoms with E-state index in [0.717, 1.165) is 38.8 Å². The van der Waals surface area contributed by atoms with E-state index in [1.807, 2.05) is 47.4 Å². The highest BCUT2D eigenvalue weighted by Gasteiger charge is 2.28. The zero-order chi connectivity index (χ0) is 26.8. The van der Waals surface area contributed by atoms with Gasteiger partial charge in [-0.25, -0.2) is 4.79 Å². The molecule has 0 N–H and O–H groups in total. The molecule has 1 heterocycles. The minimum Gasteiger partial charge on any atom is -0.423 e. The van der Waals surface area contributed by atoms with Crippen LogP contribution in [0.3, 0.4) is 0 Å². The van der Waals surface area contributed by atoms with E-state index >= 15 is 0 Å². The van der Waals surface area contributed by atoms with Gasteiger partial charge in [0.25, 0.3) is 0 Å². The van der Waals surface area contributed by atoms with E-state index in [9.17, 15) is 14.4 Å². The van der Waals surface area contributed by atoms with Crippen LogP contribution in [0.25, 0.3) is 0 Å². The monoisotopic (exact) mass is 507 g/mol. The van der Waals surface area contributed by atoms with Crippen LogP contribution in [0.2, 0.25) is 0 Å². The lowest BCUT2D eigenvalue weighted by molar-refractivity contribution is -0.139. The van der Waals surface area contributed by atoms with Gasteiger partial charge in [0.1, 0.15) is 5.75 Å². The molecule has 0 bridgehead atoms. The van der Waals surface area contributed by atoms with E-state index in [1.165, 1.54) is 5.56 Å². The minimum atomic E-state index is -0.361. The molecule has 1 saturated heterocycles. The first kappa shape index (κ1) is 28.4. The van der Waals surface area contributed by atoms with Crippen molar-refractivity contribution < 1.29 is 19.1 Å². The summed E-state index contributed by atoms with van der Waals surface area (Å²) in [5.74, 6) is 0.578. The maximum Gasteiger partial charge on any atom is 0.343 e. The molecule has 0 radical (unpaired) electrons. The standard InChI is InChI=1S/C30H41N3O4/c1-5-32(19-9-12-28(34)33-20-17-25(18-21-33)29(35)31(3)4)23(2)22-24-13-15-27(16-14-24)37-30(36)26-10-7-6-8-11-26/h6-8,10-11,13-16,23,25H,5,9,12,17-22H2,1-4H3/t23-/m0/s1. The summed E-state index contributed by atoms with van der Waals surface area (Å²) in [4.78, 5) is 43.1. The van der Waals surface area contributed by atoms with Crippen LogP contribution in [0.4, 0.5) is 0 Å². The number of piperidine rings is 1. The number of hydrogen-bond acceptors (Lipinski definition) is 5. The zero-order valence-electron chi connectivity index (χ0n) is 22.7. The van der Waals surface area contributed by atoms with Gasteiger partial charge in [0, 0.05) is 45.6 Å². The lowest BCUT2D eigenvalue weighted by Crippen LogP contribution is -2.43. The summed E-state index contributed by atoms with van der Waals surface area (Å²) < 4.78 is 5.48. The number of hydrogen-bond donors (Lipinski definition) is 0. The minimum absolute atomic E-state index is 0.0421. The number of rotatable bonds is 11. The third kappa shape index (κ3) is 8.42. The highest BCUT2D eigenvalue weighted by atomic mass is 16.5. The summed E-state index contributed by atoms with van der Waals surface area (Å²) in [7, 11) is 3.58. The van der Waals surface area contributed by atoms with E-state index in [4.69, 9.17) is 4.74 Å². The Morgan fingerprint density at radius 1 is 1.00 bits per heavy atom. The van der Waals surface area contributed by atoms with Crippen LogP contribution >= 0.6 is 0 Å². The van der Waals surface area contributed by atoms with Gasteiger partial charge in [-0.3, -0.25) is 9.59 Å². The fraction of sp³-hybridized carbons (Fsp3) is 0.500. The second-order valence-corrected chi connectivity index (χ2v) is 10.1. The third-order valence-corrected chi connectivity index (χ3v) is 7.18. The molecule has 7 nitrogen and oxygen atoms in total. The van der Waals surface area contributed by atoms with Gasteiger partial charge in [-0.15, -0.1) is 0 Å². The highest BCUT2D eigenvalue weighted by molar-refractivity contribution is 5.90. The summed E-state index contributed by atoms with van der Waals surface area (Å²) >= 11 is 0. The van der Waals surface area contributed by atoms with Crippen molar-refractivity contribution in [3.05, 3.63) is 65.7 Å². The molecule has 2 aromatic carbocycles. The Morgan fingerprint density at radius 3 is 2.24 bits per heavy atom. The number of carbonyl (C=O) groups excluding carboxylic acids is 3. The van der Waals surface area contributed by atoms with Crippen LogP contribution in [-0.4, -0.2) is 78.8 Å². The summed E-state index contributed by atoms with van der Waals surface area (Å²) in [6.07, 6.45) is 3.75. The first-order valence-corrected chi connectivity index (χ1v) is 13.4. The number of benzene rings is 2. The first-order chi connectivity index (χ1) is 17.8. The Kier molecular flexibility index (Phi) is 10.7. The number of likely N-dealkylation sites (tertiary alicyclic amines) is 1. The number of likely N-dealkylation sites (N-methyl/N-ethyl adjacent to an activating group) is 1. The normalized spacial score (nSPS) is 14.9. The molecule has 0 spiro atoms. The molecular weight excluding hydrogens is 466 g/mol. The van der Waals surface area contributed by atoms with Crippen molar-refractivity contribution in [2.24, 2.45) is 5.92 Å². The fourth-order valence-electron chi connectivity index (χ4n) is 4.93. The maximum atomic E-state index is 12.7. The van der Waals surface area contributed by atoms with Crippen LogP contribution < -0.4 is 4.74 Å². The number of amides is 2. The van der Waals surface area contributed by atoms with Crippen molar-refractivity contribution in [3.8, 4) is 5.75 Å². The topological polar surface area (TPSA) is 70.2 Å². The number of esters is 1. The van der Waals surface area contributed by atoms with Gasteiger partial charge in [0.2, 0.25) is 11.8 Å². The zero-order valence-corrected chi connectivity index (χ0v) is 22.7. The largest absolute Gasteiger partial charge is 0.423 e. The van der Waals surface area contributed by atoms with E-state index < -0.39 is 0 Å². The molecule has 1 fully saturated rings. The van der Waals surface area contributed by atoms with Crippen molar-refractivity contribution in [1.82, 2.24) is 14.7 Å². The second-order valence-electron chi connectivity index (χ2n) is 10.1. The van der Waals surface area contributed by atoms with Gasteiger partial charge >= 0.3 is 5.97 Å². The smallest absolute Gasteiger partial charge is 0.343 e. The number of carbonyl (C=O) groups is 3. The average Bonchev–Trinajstić information content (AvgIpc) is 2.92. The van der Waals surface area contributed by atoms with Gasteiger partial charge < -0.3 is 19.4 Å². The van der Waals surface area contributed by atoms with Crippen molar-refractivity contribution in [2.45, 2.75) is 52.0 Å². The lowest BCUT2D eigenvalue weighted by atomic mass is 9.95. The molecule has 3 rings (SSSR count). The number of nitrogens with zero attached hydrogens (tertiary/aromatic N) is 3. The molecule has 0 aromatic heterocycles. The predicted molar refractivity (Wildman–Crippen MR) is 145 cm³/mol. The average molecular weight is 508 g/mol. The summed E-state index contributed by atoms with van der Waals surface area (Å²) in [5.41, 5.74) is 1.71. The molecule has 0 aliphatic carbocycles. The molecule has 1 aliphatic rings. The summed E-state index contributed by atoms with van der Waals surface area (Å²) in [6.45, 7) is 7.49. The SMILES string of the molecule is CCN(CCCC(=O)N1CCC(C(=O)N(C)C)CC1)[C@@H](C)Cc1ccc(OC(=O)c2ccccc2)cc1. The molecule has 1 aliphatic heterocycles. The Bertz CT molecular complexity index is 1010. The molecule has 200 valence electrons. The fourth-order valence-corrected chi connectivity index (χ4v) is 4.93. The molecular formula is C30H41N3O4. The van der Waals surface area contributed by atoms with Gasteiger partial charge in [0.15, 0.2) is 0 Å². The van der Waals surface area contributed by atoms with E-state index in [-0.39, 0.29) is 23.7 Å². The van der Waals surface area contributed by atoms with Crippen molar-refractivity contribution in [3.63, 3.8) is 0 Å². The van der Waals surface area contributed by atoms with Crippen molar-refractivity contribution in [2.75, 3.05) is 40.3 Å². The Morgan fingerprint density at radius 2 is 1.65 bits per heavy atom. The van der Waals surface area contributed by atoms with Gasteiger partial charge in [-0.05, 0) is 75.5 Å². The highest BCUT2D eigenvalue weighted by Crippen LogP contribution is 2.20. The lowest BCUT2D eigenvalue weighted by Gasteiger charge is -2.33. The van der Waals surface area contributed by atoms with Crippen LogP contribution in [-0.2, 0) is 16.0 Å². The molecule has 0 unspecified atom stereocenters. The first-order valence-electron chi connectivity index (χ1n) is 13.4. The summed E-state index contributed by atoms with van der Waals surface area (Å²) in [5, 5.41) is 0. The Balaban J connectivity index is 1.40. The summed E-state index contributed by atoms with van der Waals surface area (Å²) in [6, 6.07) is 17.0. The van der Waals surface area contributed by atoms with Crippen LogP contribution in [0, 0.1) is 5.92 Å². The second kappa shape index (κ2) is 13.9. The van der Waals surface area contributed by atoms with Crippen molar-refractivity contribution >= 4 is 17.8 Å². The van der Waals surface area contributed by atoms with Gasteiger partial charge in [0.05, 0.1) is 5.56 Å². The van der Waals surface area contributed by atoms with Gasteiger partial charge in [-0.1, -0.05) is 37.3 Å². The van der Waals surface area contributed by atoms with Gasteiger partial charge in [-0.2, -0.15) is 0 Å².